The zero-order chi connectivity index (χ0) is 23.7. The van der Waals surface area contributed by atoms with E-state index in [2.05, 4.69) is 121 Å². The summed E-state index contributed by atoms with van der Waals surface area (Å²) in [6.45, 7) is 0. The summed E-state index contributed by atoms with van der Waals surface area (Å²) in [6.07, 6.45) is 5.42. The predicted octanol–water partition coefficient (Wildman–Crippen LogP) is 8.55. The van der Waals surface area contributed by atoms with Crippen LogP contribution < -0.4 is 0 Å². The van der Waals surface area contributed by atoms with Crippen LogP contribution in [0.1, 0.15) is 47.9 Å². The Labute approximate surface area is 214 Å². The Balaban J connectivity index is 1.59. The summed E-state index contributed by atoms with van der Waals surface area (Å²) in [4.78, 5) is 0. The van der Waals surface area contributed by atoms with Crippen molar-refractivity contribution >= 4 is 11.1 Å². The Bertz CT molecular complexity index is 1300. The zero-order valence-electron chi connectivity index (χ0n) is 20.7. The highest BCUT2D eigenvalue weighted by molar-refractivity contribution is 6.03. The van der Waals surface area contributed by atoms with E-state index in [1.54, 1.807) is 22.3 Å². The summed E-state index contributed by atoms with van der Waals surface area (Å²) >= 11 is 0. The van der Waals surface area contributed by atoms with Crippen LogP contribution >= 0.6 is 0 Å². The Hall–Kier alpha value is -3.38. The predicted molar refractivity (Wildman–Crippen MR) is 148 cm³/mol. The molecule has 6 atom stereocenters. The van der Waals surface area contributed by atoms with Gasteiger partial charge in [0, 0.05) is 10.8 Å². The first-order valence-corrected chi connectivity index (χ1v) is 13.8. The van der Waals surface area contributed by atoms with Gasteiger partial charge in [0.25, 0.3) is 0 Å². The second-order valence-corrected chi connectivity index (χ2v) is 11.5. The van der Waals surface area contributed by atoms with Crippen molar-refractivity contribution in [2.24, 2.45) is 23.7 Å². The molecule has 0 saturated heterocycles. The molecule has 2 unspecified atom stereocenters. The fraction of sp³-hybridized carbons (Fsp3) is 0.278. The van der Waals surface area contributed by atoms with E-state index in [0.717, 1.165) is 0 Å². The van der Waals surface area contributed by atoms with Crippen molar-refractivity contribution in [3.63, 3.8) is 0 Å². The van der Waals surface area contributed by atoms with Crippen molar-refractivity contribution in [2.75, 3.05) is 0 Å². The number of benzene rings is 4. The number of rotatable bonds is 4. The molecule has 0 radical (unpaired) electrons. The summed E-state index contributed by atoms with van der Waals surface area (Å²) in [5, 5.41) is 0. The Morgan fingerprint density at radius 3 is 0.944 bits per heavy atom. The molecule has 0 N–H and O–H groups in total. The SMILES string of the molecule is c1ccc(C2=C(c3ccccc3)C3(c4ccccc4)[C@@H]4CC[C@H]3[C@H]3CC[C@@H]4C23c2ccccc2)cc1. The zero-order valence-corrected chi connectivity index (χ0v) is 20.7. The maximum atomic E-state index is 2.46. The van der Waals surface area contributed by atoms with Crippen LogP contribution in [0.5, 0.6) is 0 Å². The van der Waals surface area contributed by atoms with Crippen LogP contribution in [0.2, 0.25) is 0 Å². The lowest BCUT2D eigenvalue weighted by molar-refractivity contribution is 0.0695. The highest BCUT2D eigenvalue weighted by atomic mass is 14.8. The van der Waals surface area contributed by atoms with Crippen LogP contribution in [0.25, 0.3) is 11.1 Å². The van der Waals surface area contributed by atoms with Gasteiger partial charge in [-0.25, -0.2) is 0 Å². The third-order valence-corrected chi connectivity index (χ3v) is 10.6. The van der Waals surface area contributed by atoms with Crippen LogP contribution in [0, 0.1) is 23.7 Å². The largest absolute Gasteiger partial charge is 0.0622 e. The van der Waals surface area contributed by atoms with Crippen molar-refractivity contribution < 1.29 is 0 Å². The highest BCUT2D eigenvalue weighted by Crippen LogP contribution is 2.81. The molecule has 0 nitrogen and oxygen atoms in total. The molecule has 0 amide bonds. The van der Waals surface area contributed by atoms with Gasteiger partial charge in [-0.1, -0.05) is 121 Å². The van der Waals surface area contributed by atoms with Gasteiger partial charge >= 0.3 is 0 Å². The first kappa shape index (κ1) is 20.8. The fourth-order valence-corrected chi connectivity index (χ4v) is 9.96. The Kier molecular flexibility index (Phi) is 4.36. The summed E-state index contributed by atoms with van der Waals surface area (Å²) in [5.41, 5.74) is 9.42. The average Bonchev–Trinajstić information content (AvgIpc) is 3.47. The first-order valence-electron chi connectivity index (χ1n) is 13.8. The van der Waals surface area contributed by atoms with Gasteiger partial charge in [0.2, 0.25) is 0 Å². The van der Waals surface area contributed by atoms with Gasteiger partial charge in [-0.05, 0) is 82.8 Å². The van der Waals surface area contributed by atoms with Crippen LogP contribution in [0.3, 0.4) is 0 Å². The molecule has 5 aliphatic rings. The van der Waals surface area contributed by atoms with Crippen LogP contribution in [-0.2, 0) is 10.8 Å². The standard InChI is InChI=1S/C36H32/c1-5-13-25(14-6-1)33-34(26-15-7-2-8-16-26)36(28-19-11-4-12-20-28)31-23-24-32(36)30-22-21-29(31)35(30,33)27-17-9-3-10-18-27/h1-20,29-32H,21-24H2/t29-,30+,31+,32-,35?,36?. The van der Waals surface area contributed by atoms with E-state index in [-0.39, 0.29) is 10.8 Å². The van der Waals surface area contributed by atoms with Crippen molar-refractivity contribution in [3.8, 4) is 0 Å². The second-order valence-electron chi connectivity index (χ2n) is 11.5. The maximum Gasteiger partial charge on any atom is 0.0274 e. The average molecular weight is 465 g/mol. The van der Waals surface area contributed by atoms with Gasteiger partial charge in [0.05, 0.1) is 0 Å². The van der Waals surface area contributed by atoms with Gasteiger partial charge in [0.1, 0.15) is 0 Å². The van der Waals surface area contributed by atoms with E-state index >= 15 is 0 Å². The lowest BCUT2D eigenvalue weighted by Crippen LogP contribution is -2.61. The number of hydrogen-bond donors (Lipinski definition) is 0. The molecule has 4 aromatic rings. The third-order valence-electron chi connectivity index (χ3n) is 10.6. The molecular weight excluding hydrogens is 432 g/mol. The smallest absolute Gasteiger partial charge is 0.0274 e. The van der Waals surface area contributed by atoms with Gasteiger partial charge in [-0.2, -0.15) is 0 Å². The maximum absolute atomic E-state index is 2.46. The molecule has 5 aliphatic carbocycles. The summed E-state index contributed by atoms with van der Waals surface area (Å²) in [6, 6.07) is 46.2. The molecule has 36 heavy (non-hydrogen) atoms. The van der Waals surface area contributed by atoms with E-state index in [4.69, 9.17) is 0 Å². The molecule has 0 aromatic heterocycles. The second kappa shape index (κ2) is 7.56. The molecule has 0 spiro atoms. The molecule has 176 valence electrons. The number of hydrogen-bond acceptors (Lipinski definition) is 0. The van der Waals surface area contributed by atoms with Crippen molar-refractivity contribution in [2.45, 2.75) is 36.5 Å². The monoisotopic (exact) mass is 464 g/mol. The minimum Gasteiger partial charge on any atom is -0.0622 e. The van der Waals surface area contributed by atoms with Crippen LogP contribution in [0.15, 0.2) is 121 Å². The topological polar surface area (TPSA) is 0 Å². The highest BCUT2D eigenvalue weighted by Gasteiger charge is 2.76. The minimum absolute atomic E-state index is 0.0934. The van der Waals surface area contributed by atoms with E-state index in [1.165, 1.54) is 36.8 Å². The molecule has 0 heteroatoms. The molecule has 3 fully saturated rings. The van der Waals surface area contributed by atoms with E-state index in [1.807, 2.05) is 0 Å². The quantitative estimate of drug-likeness (QED) is 0.284. The fourth-order valence-electron chi connectivity index (χ4n) is 9.96. The summed E-state index contributed by atoms with van der Waals surface area (Å²) in [5.74, 6) is 2.75. The van der Waals surface area contributed by atoms with E-state index in [0.29, 0.717) is 23.7 Å². The van der Waals surface area contributed by atoms with Gasteiger partial charge in [0.15, 0.2) is 0 Å². The normalized spacial score (nSPS) is 33.8. The van der Waals surface area contributed by atoms with Crippen molar-refractivity contribution in [3.05, 3.63) is 144 Å². The number of allylic oxidation sites excluding steroid dienone is 2. The molecular formula is C36H32. The minimum atomic E-state index is 0.0934. The molecule has 6 bridgehead atoms. The van der Waals surface area contributed by atoms with Crippen LogP contribution in [-0.4, -0.2) is 0 Å². The molecule has 0 heterocycles. The lowest BCUT2D eigenvalue weighted by atomic mass is 9.37. The van der Waals surface area contributed by atoms with E-state index in [9.17, 15) is 0 Å². The summed E-state index contributed by atoms with van der Waals surface area (Å²) in [7, 11) is 0. The summed E-state index contributed by atoms with van der Waals surface area (Å²) < 4.78 is 0. The van der Waals surface area contributed by atoms with Crippen molar-refractivity contribution in [1.82, 2.24) is 0 Å². The van der Waals surface area contributed by atoms with Gasteiger partial charge in [-0.15, -0.1) is 0 Å². The third kappa shape index (κ3) is 2.36. The molecule has 0 aliphatic heterocycles. The van der Waals surface area contributed by atoms with Gasteiger partial charge < -0.3 is 0 Å². The Morgan fingerprint density at radius 1 is 0.361 bits per heavy atom. The van der Waals surface area contributed by atoms with Gasteiger partial charge in [-0.3, -0.25) is 0 Å². The Morgan fingerprint density at radius 2 is 0.639 bits per heavy atom. The molecule has 9 rings (SSSR count). The first-order chi connectivity index (χ1) is 17.9. The van der Waals surface area contributed by atoms with Crippen LogP contribution in [0.4, 0.5) is 0 Å². The molecule has 4 aromatic carbocycles. The van der Waals surface area contributed by atoms with Crippen molar-refractivity contribution in [1.29, 1.82) is 0 Å². The molecule has 3 saturated carbocycles. The van der Waals surface area contributed by atoms with E-state index < -0.39 is 0 Å². The lowest BCUT2D eigenvalue weighted by Gasteiger charge is -2.65.